The smallest absolute Gasteiger partial charge is 0.325 e. The van der Waals surface area contributed by atoms with Crippen LogP contribution in [-0.2, 0) is 9.53 Å². The van der Waals surface area contributed by atoms with Gasteiger partial charge in [0.2, 0.25) is 0 Å². The summed E-state index contributed by atoms with van der Waals surface area (Å²) in [4.78, 5) is 24.6. The van der Waals surface area contributed by atoms with Crippen LogP contribution in [0, 0.1) is 18.8 Å². The molecule has 2 N–H and O–H groups in total. The van der Waals surface area contributed by atoms with Crippen molar-refractivity contribution in [3.63, 3.8) is 0 Å². The van der Waals surface area contributed by atoms with Crippen molar-refractivity contribution in [2.24, 2.45) is 5.73 Å². The highest BCUT2D eigenvalue weighted by Crippen LogP contribution is 2.12. The number of ether oxygens (including phenoxy) is 1. The Hall–Kier alpha value is -2.32. The van der Waals surface area contributed by atoms with Gasteiger partial charge in [-0.25, -0.2) is 0 Å². The number of carbonyl (C=O) groups is 2. The van der Waals surface area contributed by atoms with Crippen LogP contribution in [0.3, 0.4) is 0 Å². The monoisotopic (exact) mass is 274 g/mol. The average Bonchev–Trinajstić information content (AvgIpc) is 2.44. The van der Waals surface area contributed by atoms with E-state index in [9.17, 15) is 9.59 Å². The lowest BCUT2D eigenvalue weighted by molar-refractivity contribution is -0.141. The Morgan fingerprint density at radius 3 is 2.65 bits per heavy atom. The molecule has 0 aromatic heterocycles. The number of aryl methyl sites for hydroxylation is 1. The van der Waals surface area contributed by atoms with E-state index in [1.54, 1.807) is 25.2 Å². The van der Waals surface area contributed by atoms with Crippen molar-refractivity contribution < 1.29 is 14.3 Å². The summed E-state index contributed by atoms with van der Waals surface area (Å²) >= 11 is 0. The first-order valence-corrected chi connectivity index (χ1v) is 6.11. The first-order valence-electron chi connectivity index (χ1n) is 6.11. The van der Waals surface area contributed by atoms with Gasteiger partial charge in [0.1, 0.15) is 6.54 Å². The summed E-state index contributed by atoms with van der Waals surface area (Å²) in [6, 6.07) is 5.21. The van der Waals surface area contributed by atoms with Crippen LogP contribution in [0.1, 0.15) is 21.5 Å². The molecule has 1 aromatic carbocycles. The second kappa shape index (κ2) is 7.31. The molecule has 0 bridgehead atoms. The topological polar surface area (TPSA) is 72.6 Å². The zero-order valence-electron chi connectivity index (χ0n) is 11.9. The van der Waals surface area contributed by atoms with Crippen molar-refractivity contribution in [3.8, 4) is 11.8 Å². The standard InChI is InChI=1S/C15H18N2O3/c1-11-9-13(7-6-12(11)5-4-8-16)15(19)17(2)10-14(18)20-3/h6-7,9H,8,10,16H2,1-3H3. The number of amides is 1. The van der Waals surface area contributed by atoms with Gasteiger partial charge in [0.05, 0.1) is 13.7 Å². The SMILES string of the molecule is COC(=O)CN(C)C(=O)c1ccc(C#CCN)c(C)c1. The first kappa shape index (κ1) is 15.7. The lowest BCUT2D eigenvalue weighted by atomic mass is 10.0. The number of rotatable bonds is 3. The van der Waals surface area contributed by atoms with E-state index in [2.05, 4.69) is 16.6 Å². The predicted octanol–water partition coefficient (Wildman–Crippen LogP) is 0.550. The molecule has 0 fully saturated rings. The molecule has 1 amide bonds. The van der Waals surface area contributed by atoms with Gasteiger partial charge in [0.15, 0.2) is 0 Å². The molecule has 5 heteroatoms. The largest absolute Gasteiger partial charge is 0.468 e. The number of hydrogen-bond donors (Lipinski definition) is 1. The van der Waals surface area contributed by atoms with Gasteiger partial charge in [-0.15, -0.1) is 0 Å². The Morgan fingerprint density at radius 2 is 2.10 bits per heavy atom. The van der Waals surface area contributed by atoms with E-state index < -0.39 is 5.97 Å². The van der Waals surface area contributed by atoms with Crippen molar-refractivity contribution in [1.82, 2.24) is 4.90 Å². The molecule has 5 nitrogen and oxygen atoms in total. The minimum absolute atomic E-state index is 0.0802. The Bertz CT molecular complexity index is 570. The van der Waals surface area contributed by atoms with Crippen molar-refractivity contribution in [3.05, 3.63) is 34.9 Å². The number of benzene rings is 1. The zero-order valence-corrected chi connectivity index (χ0v) is 11.9. The Kier molecular flexibility index (Phi) is 5.75. The van der Waals surface area contributed by atoms with Crippen molar-refractivity contribution in [2.75, 3.05) is 27.2 Å². The van der Waals surface area contributed by atoms with Crippen LogP contribution in [0.15, 0.2) is 18.2 Å². The average molecular weight is 274 g/mol. The summed E-state index contributed by atoms with van der Waals surface area (Å²) in [5.41, 5.74) is 7.56. The van der Waals surface area contributed by atoms with E-state index in [1.165, 1.54) is 12.0 Å². The minimum atomic E-state index is -0.456. The van der Waals surface area contributed by atoms with E-state index in [0.717, 1.165) is 11.1 Å². The van der Waals surface area contributed by atoms with Gasteiger partial charge in [0.25, 0.3) is 5.91 Å². The molecule has 0 aliphatic carbocycles. The van der Waals surface area contributed by atoms with Crippen LogP contribution >= 0.6 is 0 Å². The third kappa shape index (κ3) is 4.11. The normalized spacial score (nSPS) is 9.40. The Balaban J connectivity index is 2.89. The van der Waals surface area contributed by atoms with E-state index >= 15 is 0 Å². The minimum Gasteiger partial charge on any atom is -0.468 e. The number of esters is 1. The number of hydrogen-bond acceptors (Lipinski definition) is 4. The van der Waals surface area contributed by atoms with E-state index in [1.807, 2.05) is 6.92 Å². The van der Waals surface area contributed by atoms with E-state index in [4.69, 9.17) is 5.73 Å². The molecule has 1 aromatic rings. The van der Waals surface area contributed by atoms with E-state index in [-0.39, 0.29) is 12.5 Å². The fourth-order valence-electron chi connectivity index (χ4n) is 1.63. The second-order valence-corrected chi connectivity index (χ2v) is 4.27. The van der Waals surface area contributed by atoms with Crippen LogP contribution in [0.2, 0.25) is 0 Å². The van der Waals surface area contributed by atoms with Gasteiger partial charge in [0, 0.05) is 18.2 Å². The van der Waals surface area contributed by atoms with Gasteiger partial charge in [-0.1, -0.05) is 11.8 Å². The maximum atomic E-state index is 12.1. The fraction of sp³-hybridized carbons (Fsp3) is 0.333. The molecule has 0 aliphatic rings. The fourth-order valence-corrected chi connectivity index (χ4v) is 1.63. The van der Waals surface area contributed by atoms with Crippen LogP contribution in [0.4, 0.5) is 0 Å². The third-order valence-electron chi connectivity index (χ3n) is 2.74. The van der Waals surface area contributed by atoms with Crippen molar-refractivity contribution in [2.45, 2.75) is 6.92 Å². The summed E-state index contributed by atoms with van der Waals surface area (Å²) in [5, 5.41) is 0. The van der Waals surface area contributed by atoms with Gasteiger partial charge in [-0.3, -0.25) is 9.59 Å². The summed E-state index contributed by atoms with van der Waals surface area (Å²) in [5.74, 6) is 5.01. The molecule has 0 saturated carbocycles. The summed E-state index contributed by atoms with van der Waals surface area (Å²) in [6.45, 7) is 2.09. The first-order chi connectivity index (χ1) is 9.49. The maximum absolute atomic E-state index is 12.1. The molecule has 0 heterocycles. The number of methoxy groups -OCH3 is 1. The van der Waals surface area contributed by atoms with Gasteiger partial charge < -0.3 is 15.4 Å². The summed E-state index contributed by atoms with van der Waals surface area (Å²) < 4.78 is 4.53. The predicted molar refractivity (Wildman–Crippen MR) is 76.1 cm³/mol. The van der Waals surface area contributed by atoms with Crippen molar-refractivity contribution >= 4 is 11.9 Å². The van der Waals surface area contributed by atoms with Gasteiger partial charge in [-0.2, -0.15) is 0 Å². The molecule has 20 heavy (non-hydrogen) atoms. The lowest BCUT2D eigenvalue weighted by Crippen LogP contribution is -2.32. The third-order valence-corrected chi connectivity index (χ3v) is 2.74. The number of carbonyl (C=O) groups excluding carboxylic acids is 2. The van der Waals surface area contributed by atoms with Crippen LogP contribution < -0.4 is 5.73 Å². The second-order valence-electron chi connectivity index (χ2n) is 4.27. The highest BCUT2D eigenvalue weighted by molar-refractivity contribution is 5.96. The number of likely N-dealkylation sites (N-methyl/N-ethyl adjacent to an activating group) is 1. The van der Waals surface area contributed by atoms with E-state index in [0.29, 0.717) is 12.1 Å². The maximum Gasteiger partial charge on any atom is 0.325 e. The van der Waals surface area contributed by atoms with Crippen molar-refractivity contribution in [1.29, 1.82) is 0 Å². The highest BCUT2D eigenvalue weighted by Gasteiger charge is 2.15. The summed E-state index contributed by atoms with van der Waals surface area (Å²) in [7, 11) is 2.84. The molecule has 106 valence electrons. The molecule has 0 radical (unpaired) electrons. The zero-order chi connectivity index (χ0) is 15.1. The van der Waals surface area contributed by atoms with Gasteiger partial charge >= 0.3 is 5.97 Å². The van der Waals surface area contributed by atoms with Crippen LogP contribution in [0.5, 0.6) is 0 Å². The molecule has 0 spiro atoms. The quantitative estimate of drug-likeness (QED) is 0.645. The molecular weight excluding hydrogens is 256 g/mol. The highest BCUT2D eigenvalue weighted by atomic mass is 16.5. The molecule has 0 aliphatic heterocycles. The molecule has 0 unspecified atom stereocenters. The van der Waals surface area contributed by atoms with Crippen LogP contribution in [0.25, 0.3) is 0 Å². The molecule has 0 saturated heterocycles. The molecule has 0 atom stereocenters. The van der Waals surface area contributed by atoms with Gasteiger partial charge in [-0.05, 0) is 30.7 Å². The Morgan fingerprint density at radius 1 is 1.40 bits per heavy atom. The lowest BCUT2D eigenvalue weighted by Gasteiger charge is -2.16. The summed E-state index contributed by atoms with van der Waals surface area (Å²) in [6.07, 6.45) is 0. The molecule has 1 rings (SSSR count). The Labute approximate surface area is 118 Å². The molecular formula is C15H18N2O3. The number of nitrogens with zero attached hydrogens (tertiary/aromatic N) is 1. The number of nitrogens with two attached hydrogens (primary N) is 1. The van der Waals surface area contributed by atoms with Crippen LogP contribution in [-0.4, -0.2) is 44.0 Å².